The van der Waals surface area contributed by atoms with E-state index in [1.807, 2.05) is 66.9 Å². The van der Waals surface area contributed by atoms with Crippen LogP contribution >= 0.6 is 11.8 Å². The number of hydrogen-bond acceptors (Lipinski definition) is 5. The summed E-state index contributed by atoms with van der Waals surface area (Å²) in [7, 11) is 0. The van der Waals surface area contributed by atoms with Gasteiger partial charge in [0.05, 0.1) is 0 Å². The summed E-state index contributed by atoms with van der Waals surface area (Å²) in [5.74, 6) is -0.454. The second-order valence-corrected chi connectivity index (χ2v) is 8.38. The molecule has 8 heteroatoms. The summed E-state index contributed by atoms with van der Waals surface area (Å²) in [5, 5.41) is 5.38. The summed E-state index contributed by atoms with van der Waals surface area (Å²) in [6, 6.07) is 17.7. The van der Waals surface area contributed by atoms with Gasteiger partial charge in [-0.25, -0.2) is 4.79 Å². The lowest BCUT2D eigenvalue weighted by molar-refractivity contribution is -0.131. The Balaban J connectivity index is 2.14. The monoisotopic (exact) mass is 443 g/mol. The molecule has 0 bridgehead atoms. The van der Waals surface area contributed by atoms with Crippen molar-refractivity contribution in [2.45, 2.75) is 38.0 Å². The fraction of sp³-hybridized carbons (Fsp3) is 0.348. The summed E-state index contributed by atoms with van der Waals surface area (Å²) in [6.07, 6.45) is 1.80. The third-order valence-corrected chi connectivity index (χ3v) is 5.40. The molecule has 0 aromatic heterocycles. The van der Waals surface area contributed by atoms with E-state index in [9.17, 15) is 14.4 Å². The Kier molecular flexibility index (Phi) is 9.40. The molecule has 0 fully saturated rings. The average molecular weight is 444 g/mol. The molecule has 0 aliphatic rings. The molecule has 2 rings (SSSR count). The molecular weight excluding hydrogens is 414 g/mol. The van der Waals surface area contributed by atoms with E-state index in [0.29, 0.717) is 12.2 Å². The van der Waals surface area contributed by atoms with Crippen LogP contribution in [0.15, 0.2) is 60.7 Å². The van der Waals surface area contributed by atoms with Crippen molar-refractivity contribution in [2.75, 3.05) is 12.0 Å². The molecule has 0 saturated carbocycles. The van der Waals surface area contributed by atoms with Gasteiger partial charge in [-0.15, -0.1) is 0 Å². The first-order valence-electron chi connectivity index (χ1n) is 9.96. The smallest absolute Gasteiger partial charge is 0.408 e. The van der Waals surface area contributed by atoms with E-state index in [4.69, 9.17) is 10.5 Å². The number of thioether (sulfide) groups is 1. The third kappa shape index (κ3) is 7.97. The van der Waals surface area contributed by atoms with Crippen molar-refractivity contribution < 1.29 is 19.1 Å². The SMILES string of the molecule is CSCC[C@H](NC(=O)[C@@](C)(Cc1ccccc1)NC(=O)OCc1ccccc1)C(N)=O. The zero-order chi connectivity index (χ0) is 22.7. The van der Waals surface area contributed by atoms with Gasteiger partial charge in [-0.1, -0.05) is 60.7 Å². The van der Waals surface area contributed by atoms with Crippen LogP contribution in [0.5, 0.6) is 0 Å². The van der Waals surface area contributed by atoms with Crippen LogP contribution in [0.25, 0.3) is 0 Å². The van der Waals surface area contributed by atoms with Crippen molar-refractivity contribution in [1.82, 2.24) is 10.6 Å². The Bertz CT molecular complexity index is 864. The maximum atomic E-state index is 13.2. The first-order chi connectivity index (χ1) is 14.8. The van der Waals surface area contributed by atoms with Crippen LogP contribution in [0.4, 0.5) is 4.79 Å². The fourth-order valence-electron chi connectivity index (χ4n) is 3.01. The molecule has 4 N–H and O–H groups in total. The summed E-state index contributed by atoms with van der Waals surface area (Å²) >= 11 is 1.55. The van der Waals surface area contributed by atoms with Crippen molar-refractivity contribution in [3.63, 3.8) is 0 Å². The molecule has 0 heterocycles. The van der Waals surface area contributed by atoms with E-state index >= 15 is 0 Å². The van der Waals surface area contributed by atoms with Crippen LogP contribution in [0.1, 0.15) is 24.5 Å². The fourth-order valence-corrected chi connectivity index (χ4v) is 3.48. The molecule has 2 aromatic carbocycles. The lowest BCUT2D eigenvalue weighted by Crippen LogP contribution is -2.61. The van der Waals surface area contributed by atoms with Crippen LogP contribution < -0.4 is 16.4 Å². The quantitative estimate of drug-likeness (QED) is 0.494. The number of hydrogen-bond donors (Lipinski definition) is 3. The molecule has 31 heavy (non-hydrogen) atoms. The highest BCUT2D eigenvalue weighted by atomic mass is 32.2. The van der Waals surface area contributed by atoms with Crippen molar-refractivity contribution in [1.29, 1.82) is 0 Å². The second-order valence-electron chi connectivity index (χ2n) is 7.39. The van der Waals surface area contributed by atoms with E-state index in [1.54, 1.807) is 18.7 Å². The van der Waals surface area contributed by atoms with E-state index in [-0.39, 0.29) is 13.0 Å². The predicted octanol–water partition coefficient (Wildman–Crippen LogP) is 2.64. The van der Waals surface area contributed by atoms with Gasteiger partial charge in [0.2, 0.25) is 11.8 Å². The number of ether oxygens (including phenoxy) is 1. The zero-order valence-electron chi connectivity index (χ0n) is 17.8. The van der Waals surface area contributed by atoms with Crippen LogP contribution in [0.2, 0.25) is 0 Å². The van der Waals surface area contributed by atoms with Gasteiger partial charge < -0.3 is 21.1 Å². The standard InChI is InChI=1S/C23H29N3O4S/c1-23(15-17-9-5-3-6-10-17,21(28)25-19(20(24)27)13-14-31-2)26-22(29)30-16-18-11-7-4-8-12-18/h3-12,19H,13-16H2,1-2H3,(H2,24,27)(H,25,28)(H,26,29)/t19-,23+/m0/s1. The Hall–Kier alpha value is -3.00. The number of primary amides is 1. The van der Waals surface area contributed by atoms with Gasteiger partial charge in [-0.2, -0.15) is 11.8 Å². The number of nitrogens with two attached hydrogens (primary N) is 1. The molecule has 0 aliphatic heterocycles. The lowest BCUT2D eigenvalue weighted by Gasteiger charge is -2.31. The molecule has 7 nitrogen and oxygen atoms in total. The van der Waals surface area contributed by atoms with Crippen molar-refractivity contribution in [3.05, 3.63) is 71.8 Å². The van der Waals surface area contributed by atoms with Crippen LogP contribution in [-0.4, -0.2) is 41.5 Å². The molecule has 0 aliphatic carbocycles. The topological polar surface area (TPSA) is 111 Å². The highest BCUT2D eigenvalue weighted by Gasteiger charge is 2.37. The second kappa shape index (κ2) is 12.0. The minimum atomic E-state index is -1.35. The number of rotatable bonds is 11. The molecule has 0 saturated heterocycles. The van der Waals surface area contributed by atoms with Gasteiger partial charge in [-0.3, -0.25) is 9.59 Å². The molecule has 3 amide bonds. The summed E-state index contributed by atoms with van der Waals surface area (Å²) in [4.78, 5) is 37.5. The number of carbonyl (C=O) groups excluding carboxylic acids is 3. The predicted molar refractivity (Wildman–Crippen MR) is 122 cm³/mol. The minimum Gasteiger partial charge on any atom is -0.445 e. The molecule has 2 atom stereocenters. The minimum absolute atomic E-state index is 0.0767. The van der Waals surface area contributed by atoms with Crippen molar-refractivity contribution in [3.8, 4) is 0 Å². The largest absolute Gasteiger partial charge is 0.445 e. The van der Waals surface area contributed by atoms with Gasteiger partial charge >= 0.3 is 6.09 Å². The molecule has 2 aromatic rings. The van der Waals surface area contributed by atoms with E-state index < -0.39 is 29.5 Å². The van der Waals surface area contributed by atoms with Crippen LogP contribution in [0.3, 0.4) is 0 Å². The first kappa shape index (κ1) is 24.3. The lowest BCUT2D eigenvalue weighted by atomic mass is 9.91. The molecular formula is C23H29N3O4S. The maximum Gasteiger partial charge on any atom is 0.408 e. The number of carbonyl (C=O) groups is 3. The summed E-state index contributed by atoms with van der Waals surface area (Å²) in [5.41, 5.74) is 5.80. The Morgan fingerprint density at radius 1 is 1.03 bits per heavy atom. The van der Waals surface area contributed by atoms with E-state index in [2.05, 4.69) is 10.6 Å². The first-order valence-corrected chi connectivity index (χ1v) is 11.4. The maximum absolute atomic E-state index is 13.2. The number of amides is 3. The van der Waals surface area contributed by atoms with Gasteiger partial charge in [-0.05, 0) is 36.5 Å². The highest BCUT2D eigenvalue weighted by Crippen LogP contribution is 2.16. The highest BCUT2D eigenvalue weighted by molar-refractivity contribution is 7.98. The summed E-state index contributed by atoms with van der Waals surface area (Å²) in [6.45, 7) is 1.68. The van der Waals surface area contributed by atoms with Gasteiger partial charge in [0.15, 0.2) is 0 Å². The van der Waals surface area contributed by atoms with Crippen molar-refractivity contribution >= 4 is 29.7 Å². The van der Waals surface area contributed by atoms with Crippen molar-refractivity contribution in [2.24, 2.45) is 5.73 Å². The van der Waals surface area contributed by atoms with Gasteiger partial charge in [0, 0.05) is 6.42 Å². The molecule has 0 radical (unpaired) electrons. The molecule has 166 valence electrons. The number of nitrogens with one attached hydrogen (secondary N) is 2. The van der Waals surface area contributed by atoms with Crippen LogP contribution in [0, 0.1) is 0 Å². The van der Waals surface area contributed by atoms with E-state index in [0.717, 1.165) is 11.1 Å². The third-order valence-electron chi connectivity index (χ3n) is 4.75. The average Bonchev–Trinajstić information content (AvgIpc) is 2.76. The Morgan fingerprint density at radius 2 is 1.61 bits per heavy atom. The number of alkyl carbamates (subject to hydrolysis) is 1. The normalized spacial score (nSPS) is 13.5. The summed E-state index contributed by atoms with van der Waals surface area (Å²) < 4.78 is 5.30. The number of benzene rings is 2. The van der Waals surface area contributed by atoms with E-state index in [1.165, 1.54) is 0 Å². The van der Waals surface area contributed by atoms with Crippen LogP contribution in [-0.2, 0) is 27.4 Å². The zero-order valence-corrected chi connectivity index (χ0v) is 18.6. The molecule has 0 unspecified atom stereocenters. The van der Waals surface area contributed by atoms with Gasteiger partial charge in [0.25, 0.3) is 0 Å². The van der Waals surface area contributed by atoms with Gasteiger partial charge in [0.1, 0.15) is 18.2 Å². The Labute approximate surface area is 187 Å². The molecule has 0 spiro atoms. The Morgan fingerprint density at radius 3 is 2.16 bits per heavy atom.